The first kappa shape index (κ1) is 17.2. The van der Waals surface area contributed by atoms with Crippen molar-refractivity contribution in [3.05, 3.63) is 45.5 Å². The lowest BCUT2D eigenvalue weighted by Gasteiger charge is -2.16. The van der Waals surface area contributed by atoms with Gasteiger partial charge in [0.1, 0.15) is 22.8 Å². The number of ether oxygens (including phenoxy) is 2. The molecule has 0 spiro atoms. The van der Waals surface area contributed by atoms with Crippen LogP contribution in [0.5, 0.6) is 28.7 Å². The maximum Gasteiger partial charge on any atom is 0.347 e. The fourth-order valence-corrected chi connectivity index (χ4v) is 2.88. The van der Waals surface area contributed by atoms with Crippen LogP contribution in [-0.2, 0) is 0 Å². The molecule has 0 saturated heterocycles. The van der Waals surface area contributed by atoms with Gasteiger partial charge in [-0.15, -0.1) is 0 Å². The molecule has 1 aliphatic rings. The van der Waals surface area contributed by atoms with Gasteiger partial charge in [0.25, 0.3) is 0 Å². The number of allylic oxidation sites excluding steroid dienone is 2. The molecule has 0 aliphatic carbocycles. The largest absolute Gasteiger partial charge is 0.508 e. The SMILES string of the molecule is C/C=C(/C)c1cc(O)c(C)c2c1Oc1cc(O)c(Cl)c(C)c1C(=O)O2. The molecule has 25 heavy (non-hydrogen) atoms. The topological polar surface area (TPSA) is 76.0 Å². The van der Waals surface area contributed by atoms with Crippen LogP contribution in [-0.4, -0.2) is 16.2 Å². The van der Waals surface area contributed by atoms with Crippen LogP contribution in [0.3, 0.4) is 0 Å². The van der Waals surface area contributed by atoms with Crippen molar-refractivity contribution in [2.75, 3.05) is 0 Å². The molecule has 0 bridgehead atoms. The number of phenols is 2. The number of esters is 1. The van der Waals surface area contributed by atoms with E-state index in [0.29, 0.717) is 22.4 Å². The van der Waals surface area contributed by atoms with E-state index in [2.05, 4.69) is 0 Å². The normalized spacial score (nSPS) is 13.5. The Morgan fingerprint density at radius 1 is 1.08 bits per heavy atom. The molecule has 3 rings (SSSR count). The smallest absolute Gasteiger partial charge is 0.347 e. The Labute approximate surface area is 150 Å². The van der Waals surface area contributed by atoms with Crippen molar-refractivity contribution in [1.82, 2.24) is 0 Å². The molecule has 1 aliphatic heterocycles. The quantitative estimate of drug-likeness (QED) is 0.545. The average Bonchev–Trinajstić information content (AvgIpc) is 2.72. The molecule has 2 N–H and O–H groups in total. The summed E-state index contributed by atoms with van der Waals surface area (Å²) in [7, 11) is 0. The van der Waals surface area contributed by atoms with Gasteiger partial charge < -0.3 is 19.7 Å². The van der Waals surface area contributed by atoms with Crippen molar-refractivity contribution >= 4 is 23.1 Å². The molecular formula is C19H17ClO5. The molecule has 5 nitrogen and oxygen atoms in total. The van der Waals surface area contributed by atoms with E-state index in [-0.39, 0.29) is 33.6 Å². The van der Waals surface area contributed by atoms with Crippen LogP contribution in [0.15, 0.2) is 18.2 Å². The summed E-state index contributed by atoms with van der Waals surface area (Å²) in [6.45, 7) is 6.94. The molecule has 0 saturated carbocycles. The summed E-state index contributed by atoms with van der Waals surface area (Å²) in [4.78, 5) is 12.6. The molecule has 0 radical (unpaired) electrons. The lowest BCUT2D eigenvalue weighted by molar-refractivity contribution is 0.0735. The van der Waals surface area contributed by atoms with Crippen molar-refractivity contribution in [2.45, 2.75) is 27.7 Å². The van der Waals surface area contributed by atoms with Crippen LogP contribution < -0.4 is 9.47 Å². The van der Waals surface area contributed by atoms with Crippen LogP contribution in [0.1, 0.15) is 40.9 Å². The van der Waals surface area contributed by atoms with Gasteiger partial charge >= 0.3 is 5.97 Å². The highest BCUT2D eigenvalue weighted by Gasteiger charge is 2.31. The number of halogens is 1. The van der Waals surface area contributed by atoms with E-state index < -0.39 is 5.97 Å². The van der Waals surface area contributed by atoms with Crippen LogP contribution in [0.4, 0.5) is 0 Å². The lowest BCUT2D eigenvalue weighted by Crippen LogP contribution is -2.10. The fourth-order valence-electron chi connectivity index (χ4n) is 2.73. The van der Waals surface area contributed by atoms with Gasteiger partial charge in [0.05, 0.1) is 5.02 Å². The van der Waals surface area contributed by atoms with Crippen molar-refractivity contribution in [3.63, 3.8) is 0 Å². The molecule has 1 heterocycles. The predicted octanol–water partition coefficient (Wildman–Crippen LogP) is 5.12. The second-order valence-electron chi connectivity index (χ2n) is 5.90. The molecule has 0 fully saturated rings. The monoisotopic (exact) mass is 360 g/mol. The van der Waals surface area contributed by atoms with Gasteiger partial charge in [-0.2, -0.15) is 0 Å². The van der Waals surface area contributed by atoms with E-state index in [9.17, 15) is 15.0 Å². The molecule has 6 heteroatoms. The van der Waals surface area contributed by atoms with E-state index >= 15 is 0 Å². The van der Waals surface area contributed by atoms with Crippen molar-refractivity contribution < 1.29 is 24.5 Å². The Hall–Kier alpha value is -2.66. The van der Waals surface area contributed by atoms with Gasteiger partial charge in [-0.1, -0.05) is 17.7 Å². The standard InChI is InChI=1S/C19H17ClO5/c1-5-8(2)11-6-12(21)9(3)17-18(11)24-14-7-13(22)16(20)10(4)15(14)19(23)25-17/h5-7,21-22H,1-4H3/b8-5-. The van der Waals surface area contributed by atoms with Gasteiger partial charge in [-0.25, -0.2) is 4.79 Å². The Balaban J connectivity index is 2.35. The van der Waals surface area contributed by atoms with E-state index in [1.165, 1.54) is 6.07 Å². The Morgan fingerprint density at radius 2 is 1.76 bits per heavy atom. The summed E-state index contributed by atoms with van der Waals surface area (Å²) in [6.07, 6.45) is 1.85. The third-order valence-corrected chi connectivity index (χ3v) is 4.85. The van der Waals surface area contributed by atoms with Crippen molar-refractivity contribution in [1.29, 1.82) is 0 Å². The maximum atomic E-state index is 12.6. The first-order valence-corrected chi connectivity index (χ1v) is 8.06. The number of rotatable bonds is 1. The van der Waals surface area contributed by atoms with Crippen LogP contribution in [0.2, 0.25) is 5.02 Å². The van der Waals surface area contributed by atoms with Gasteiger partial charge in [0.2, 0.25) is 0 Å². The fraction of sp³-hybridized carbons (Fsp3) is 0.211. The van der Waals surface area contributed by atoms with Gasteiger partial charge in [-0.05, 0) is 44.9 Å². The zero-order chi connectivity index (χ0) is 18.5. The molecule has 0 atom stereocenters. The number of aromatic hydroxyl groups is 2. The molecule has 0 amide bonds. The summed E-state index contributed by atoms with van der Waals surface area (Å²) in [6, 6.07) is 2.85. The Bertz CT molecular complexity index is 944. The van der Waals surface area contributed by atoms with Crippen LogP contribution >= 0.6 is 11.6 Å². The molecular weight excluding hydrogens is 344 g/mol. The highest BCUT2D eigenvalue weighted by atomic mass is 35.5. The number of hydrogen-bond donors (Lipinski definition) is 2. The summed E-state index contributed by atoms with van der Waals surface area (Å²) < 4.78 is 11.5. The molecule has 2 aromatic rings. The zero-order valence-electron chi connectivity index (χ0n) is 14.2. The number of carbonyl (C=O) groups is 1. The van der Waals surface area contributed by atoms with E-state index in [4.69, 9.17) is 21.1 Å². The number of benzene rings is 2. The second kappa shape index (κ2) is 6.01. The van der Waals surface area contributed by atoms with Gasteiger partial charge in [-0.3, -0.25) is 0 Å². The number of fused-ring (bicyclic) bond motifs is 2. The third-order valence-electron chi connectivity index (χ3n) is 4.37. The first-order chi connectivity index (χ1) is 11.8. The molecule has 0 aromatic heterocycles. The summed E-state index contributed by atoms with van der Waals surface area (Å²) in [5, 5.41) is 20.3. The highest BCUT2D eigenvalue weighted by molar-refractivity contribution is 6.33. The van der Waals surface area contributed by atoms with Crippen molar-refractivity contribution in [2.24, 2.45) is 0 Å². The Kier molecular flexibility index (Phi) is 4.13. The third kappa shape index (κ3) is 2.61. The zero-order valence-corrected chi connectivity index (χ0v) is 15.0. The van der Waals surface area contributed by atoms with Gasteiger partial charge in [0.15, 0.2) is 11.5 Å². The maximum absolute atomic E-state index is 12.6. The molecule has 2 aromatic carbocycles. The summed E-state index contributed by atoms with van der Waals surface area (Å²) in [5.74, 6) is -0.250. The lowest BCUT2D eigenvalue weighted by atomic mass is 10.0. The van der Waals surface area contributed by atoms with Crippen LogP contribution in [0, 0.1) is 13.8 Å². The highest BCUT2D eigenvalue weighted by Crippen LogP contribution is 2.49. The van der Waals surface area contributed by atoms with Crippen molar-refractivity contribution in [3.8, 4) is 28.7 Å². The minimum absolute atomic E-state index is 0.00472. The summed E-state index contributed by atoms with van der Waals surface area (Å²) >= 11 is 6.04. The Morgan fingerprint density at radius 3 is 2.40 bits per heavy atom. The van der Waals surface area contributed by atoms with E-state index in [1.54, 1.807) is 19.9 Å². The molecule has 130 valence electrons. The first-order valence-electron chi connectivity index (χ1n) is 7.68. The summed E-state index contributed by atoms with van der Waals surface area (Å²) in [5.41, 5.74) is 2.31. The van der Waals surface area contributed by atoms with E-state index in [0.717, 1.165) is 5.57 Å². The molecule has 0 unspecified atom stereocenters. The van der Waals surface area contributed by atoms with E-state index in [1.807, 2.05) is 19.9 Å². The van der Waals surface area contributed by atoms with Crippen LogP contribution in [0.25, 0.3) is 5.57 Å². The minimum Gasteiger partial charge on any atom is -0.508 e. The minimum atomic E-state index is -0.661. The number of phenolic OH excluding ortho intramolecular Hbond substituents is 2. The average molecular weight is 361 g/mol. The second-order valence-corrected chi connectivity index (χ2v) is 6.28. The number of hydrogen-bond acceptors (Lipinski definition) is 5. The predicted molar refractivity (Wildman–Crippen MR) is 95.1 cm³/mol. The number of carbonyl (C=O) groups excluding carboxylic acids is 1. The van der Waals surface area contributed by atoms with Gasteiger partial charge in [0, 0.05) is 17.2 Å².